The highest BCUT2D eigenvalue weighted by molar-refractivity contribution is 5.69. The first-order valence-electron chi connectivity index (χ1n) is 11.6. The van der Waals surface area contributed by atoms with Gasteiger partial charge in [-0.15, -0.1) is 0 Å². The van der Waals surface area contributed by atoms with Gasteiger partial charge in [0.1, 0.15) is 6.10 Å². The highest BCUT2D eigenvalue weighted by Gasteiger charge is 2.55. The molecule has 0 amide bonds. The third-order valence-corrected chi connectivity index (χ3v) is 5.49. The molecule has 0 aromatic heterocycles. The van der Waals surface area contributed by atoms with E-state index >= 15 is 0 Å². The smallest absolute Gasteiger partial charge is 0.303 e. The van der Waals surface area contributed by atoms with Crippen molar-refractivity contribution in [2.75, 3.05) is 7.11 Å². The van der Waals surface area contributed by atoms with E-state index in [-0.39, 0.29) is 0 Å². The quantitative estimate of drug-likeness (QED) is 0.305. The van der Waals surface area contributed by atoms with Crippen molar-refractivity contribution in [1.29, 1.82) is 0 Å². The van der Waals surface area contributed by atoms with Crippen LogP contribution < -0.4 is 0 Å². The predicted octanol–water partition coefficient (Wildman–Crippen LogP) is 0.166. The SMILES string of the molecule is COC1OC(C)C(OC2OC(C)C(OC(C)=O)C(OC(C)=O)C2OC(C)=O)C(OC(C)=O)C1OC(C)=O. The number of rotatable bonds is 8. The molecule has 2 saturated heterocycles. The van der Waals surface area contributed by atoms with Crippen LogP contribution in [0.3, 0.4) is 0 Å². The summed E-state index contributed by atoms with van der Waals surface area (Å²) in [5.74, 6) is -3.59. The number of carbonyl (C=O) groups excluding carboxylic acids is 5. The Morgan fingerprint density at radius 2 is 0.811 bits per heavy atom. The molecule has 2 aliphatic rings. The average Bonchev–Trinajstić information content (AvgIpc) is 2.75. The first kappa shape index (κ1) is 30.4. The van der Waals surface area contributed by atoms with Gasteiger partial charge in [-0.2, -0.15) is 0 Å². The summed E-state index contributed by atoms with van der Waals surface area (Å²) in [5.41, 5.74) is 0. The minimum atomic E-state index is -1.42. The van der Waals surface area contributed by atoms with Crippen LogP contribution in [-0.2, 0) is 66.6 Å². The van der Waals surface area contributed by atoms with E-state index in [9.17, 15) is 24.0 Å². The first-order valence-corrected chi connectivity index (χ1v) is 11.6. The van der Waals surface area contributed by atoms with Crippen molar-refractivity contribution in [3.05, 3.63) is 0 Å². The number of carbonyl (C=O) groups is 5. The van der Waals surface area contributed by atoms with Gasteiger partial charge < -0.3 is 42.6 Å². The van der Waals surface area contributed by atoms with Crippen LogP contribution in [0.25, 0.3) is 0 Å². The van der Waals surface area contributed by atoms with Crippen molar-refractivity contribution >= 4 is 29.8 Å². The second-order valence-electron chi connectivity index (χ2n) is 8.63. The van der Waals surface area contributed by atoms with Crippen LogP contribution in [0, 0.1) is 0 Å². The van der Waals surface area contributed by atoms with Crippen LogP contribution in [0.2, 0.25) is 0 Å². The molecule has 10 atom stereocenters. The van der Waals surface area contributed by atoms with Crippen LogP contribution in [0.5, 0.6) is 0 Å². The molecule has 0 aromatic rings. The van der Waals surface area contributed by atoms with Gasteiger partial charge in [-0.05, 0) is 13.8 Å². The lowest BCUT2D eigenvalue weighted by molar-refractivity contribution is -0.352. The monoisotopic (exact) mass is 534 g/mol. The Bertz CT molecular complexity index is 858. The summed E-state index contributed by atoms with van der Waals surface area (Å²) in [7, 11) is 1.32. The standard InChI is InChI=1S/C23H34O14/c1-9-16(32-11(3)24)18(33-12(4)25)21(36-15(7)28)23(31-9)37-17-10(2)30-22(29-8)20(35-14(6)27)19(17)34-13(5)26/h9-10,16-23H,1-8H3. The highest BCUT2D eigenvalue weighted by Crippen LogP contribution is 2.34. The van der Waals surface area contributed by atoms with E-state index in [0.29, 0.717) is 0 Å². The van der Waals surface area contributed by atoms with Crippen LogP contribution in [0.4, 0.5) is 0 Å². The lowest BCUT2D eigenvalue weighted by Gasteiger charge is -2.48. The molecule has 0 aliphatic carbocycles. The third kappa shape index (κ3) is 8.09. The Morgan fingerprint density at radius 3 is 1.24 bits per heavy atom. The lowest BCUT2D eigenvalue weighted by atomic mass is 9.96. The van der Waals surface area contributed by atoms with Crippen molar-refractivity contribution in [2.24, 2.45) is 0 Å². The number of ether oxygens (including phenoxy) is 9. The van der Waals surface area contributed by atoms with Crippen LogP contribution in [0.1, 0.15) is 48.5 Å². The Morgan fingerprint density at radius 1 is 0.486 bits per heavy atom. The van der Waals surface area contributed by atoms with E-state index in [1.54, 1.807) is 6.92 Å². The maximum Gasteiger partial charge on any atom is 0.303 e. The van der Waals surface area contributed by atoms with Gasteiger partial charge in [0.05, 0.1) is 12.2 Å². The summed E-state index contributed by atoms with van der Waals surface area (Å²) < 4.78 is 49.9. The zero-order valence-corrected chi connectivity index (χ0v) is 22.0. The molecule has 0 radical (unpaired) electrons. The molecule has 0 saturated carbocycles. The molecule has 2 rings (SSSR count). The lowest BCUT2D eigenvalue weighted by Crippen LogP contribution is -2.65. The molecule has 0 spiro atoms. The first-order chi connectivity index (χ1) is 17.2. The molecule has 0 bridgehead atoms. The number of esters is 5. The zero-order chi connectivity index (χ0) is 28.0. The molecular formula is C23H34O14. The fraction of sp³-hybridized carbons (Fsp3) is 0.783. The minimum Gasteiger partial charge on any atom is -0.456 e. The van der Waals surface area contributed by atoms with E-state index < -0.39 is 91.3 Å². The van der Waals surface area contributed by atoms with Crippen LogP contribution in [-0.4, -0.2) is 98.4 Å². The summed E-state index contributed by atoms with van der Waals surface area (Å²) in [6.07, 6.45) is -11.7. The topological polar surface area (TPSA) is 168 Å². The third-order valence-electron chi connectivity index (χ3n) is 5.49. The molecule has 14 heteroatoms. The molecule has 2 fully saturated rings. The molecule has 2 aliphatic heterocycles. The molecule has 10 unspecified atom stereocenters. The number of hydrogen-bond donors (Lipinski definition) is 0. The van der Waals surface area contributed by atoms with E-state index in [1.165, 1.54) is 14.0 Å². The van der Waals surface area contributed by atoms with Gasteiger partial charge in [-0.1, -0.05) is 0 Å². The van der Waals surface area contributed by atoms with Gasteiger partial charge in [-0.25, -0.2) is 0 Å². The van der Waals surface area contributed by atoms with Crippen LogP contribution >= 0.6 is 0 Å². The van der Waals surface area contributed by atoms with Crippen molar-refractivity contribution in [1.82, 2.24) is 0 Å². The average molecular weight is 535 g/mol. The van der Waals surface area contributed by atoms with Gasteiger partial charge in [-0.3, -0.25) is 24.0 Å². The van der Waals surface area contributed by atoms with Gasteiger partial charge in [0, 0.05) is 41.7 Å². The minimum absolute atomic E-state index is 0.683. The van der Waals surface area contributed by atoms with E-state index in [4.69, 9.17) is 42.6 Å². The normalized spacial score (nSPS) is 35.6. The van der Waals surface area contributed by atoms with E-state index in [1.807, 2.05) is 0 Å². The maximum atomic E-state index is 12.0. The van der Waals surface area contributed by atoms with Crippen molar-refractivity contribution in [3.63, 3.8) is 0 Å². The molecule has 14 nitrogen and oxygen atoms in total. The number of methoxy groups -OCH3 is 1. The predicted molar refractivity (Wildman–Crippen MR) is 118 cm³/mol. The number of hydrogen-bond acceptors (Lipinski definition) is 14. The van der Waals surface area contributed by atoms with Gasteiger partial charge >= 0.3 is 29.8 Å². The summed E-state index contributed by atoms with van der Waals surface area (Å²) in [6.45, 7) is 8.86. The van der Waals surface area contributed by atoms with Crippen LogP contribution in [0.15, 0.2) is 0 Å². The molecule has 0 N–H and O–H groups in total. The molecule has 37 heavy (non-hydrogen) atoms. The van der Waals surface area contributed by atoms with Crippen molar-refractivity contribution in [2.45, 2.75) is 110 Å². The Labute approximate surface area is 214 Å². The van der Waals surface area contributed by atoms with E-state index in [2.05, 4.69) is 0 Å². The molecular weight excluding hydrogens is 500 g/mol. The summed E-state index contributed by atoms with van der Waals surface area (Å²) >= 11 is 0. The van der Waals surface area contributed by atoms with Gasteiger partial charge in [0.25, 0.3) is 0 Å². The van der Waals surface area contributed by atoms with E-state index in [0.717, 1.165) is 34.6 Å². The molecule has 0 aromatic carbocycles. The summed E-state index contributed by atoms with van der Waals surface area (Å²) in [4.78, 5) is 59.3. The Kier molecular flexibility index (Phi) is 10.8. The largest absolute Gasteiger partial charge is 0.456 e. The molecule has 210 valence electrons. The highest BCUT2D eigenvalue weighted by atomic mass is 16.8. The van der Waals surface area contributed by atoms with Crippen molar-refractivity contribution in [3.8, 4) is 0 Å². The fourth-order valence-corrected chi connectivity index (χ4v) is 4.23. The zero-order valence-electron chi connectivity index (χ0n) is 22.0. The van der Waals surface area contributed by atoms with Gasteiger partial charge in [0.15, 0.2) is 43.1 Å². The summed E-state index contributed by atoms with van der Waals surface area (Å²) in [5, 5.41) is 0. The molecule has 2 heterocycles. The maximum absolute atomic E-state index is 12.0. The Balaban J connectivity index is 2.48. The fourth-order valence-electron chi connectivity index (χ4n) is 4.23. The second-order valence-corrected chi connectivity index (χ2v) is 8.63. The van der Waals surface area contributed by atoms with Gasteiger partial charge in [0.2, 0.25) is 0 Å². The van der Waals surface area contributed by atoms with Crippen molar-refractivity contribution < 1.29 is 66.6 Å². The Hall–Kier alpha value is -2.81. The second kappa shape index (κ2) is 13.1. The summed E-state index contributed by atoms with van der Waals surface area (Å²) in [6, 6.07) is 0.